The van der Waals surface area contributed by atoms with Crippen LogP contribution in [0.15, 0.2) is 53.6 Å². The molecule has 1 N–H and O–H groups in total. The second kappa shape index (κ2) is 5.89. The van der Waals surface area contributed by atoms with E-state index in [1.54, 1.807) is 36.5 Å². The summed E-state index contributed by atoms with van der Waals surface area (Å²) in [5.74, 6) is -2.32. The molecule has 0 atom stereocenters. The number of pyridine rings is 3. The number of nitrogens with zero attached hydrogens (tertiary/aromatic N) is 3. The van der Waals surface area contributed by atoms with E-state index in [0.29, 0.717) is 16.6 Å². The lowest BCUT2D eigenvalue weighted by Crippen LogP contribution is -2.19. The van der Waals surface area contributed by atoms with Crippen LogP contribution in [-0.4, -0.2) is 25.6 Å². The molecular weight excluding hydrogens is 361 g/mol. The number of aromatic carboxylic acids is 1. The maximum atomic E-state index is 13.8. The Labute approximate surface area is 150 Å². The summed E-state index contributed by atoms with van der Waals surface area (Å²) in [4.78, 5) is 32.1. The van der Waals surface area contributed by atoms with Crippen molar-refractivity contribution in [3.63, 3.8) is 0 Å². The molecule has 4 aromatic rings. The van der Waals surface area contributed by atoms with E-state index < -0.39 is 27.9 Å². The molecule has 0 spiro atoms. The highest BCUT2D eigenvalue weighted by Gasteiger charge is 2.19. The first kappa shape index (κ1) is 16.2. The molecular formula is C18H9ClFN3O3. The van der Waals surface area contributed by atoms with Gasteiger partial charge in [0, 0.05) is 17.8 Å². The lowest BCUT2D eigenvalue weighted by atomic mass is 10.1. The number of fused-ring (bicyclic) bond motifs is 2. The number of hydrogen-bond donors (Lipinski definition) is 1. The Morgan fingerprint density at radius 3 is 2.77 bits per heavy atom. The molecule has 0 radical (unpaired) electrons. The van der Waals surface area contributed by atoms with Gasteiger partial charge in [-0.2, -0.15) is 0 Å². The van der Waals surface area contributed by atoms with Crippen LogP contribution in [-0.2, 0) is 0 Å². The third kappa shape index (κ3) is 2.41. The number of benzene rings is 1. The minimum atomic E-state index is -1.42. The molecule has 0 saturated carbocycles. The molecule has 0 fully saturated rings. The summed E-state index contributed by atoms with van der Waals surface area (Å²) in [5.41, 5.74) is -0.0601. The number of rotatable bonds is 2. The fourth-order valence-electron chi connectivity index (χ4n) is 2.84. The summed E-state index contributed by atoms with van der Waals surface area (Å²) in [5, 5.41) is 9.49. The summed E-state index contributed by atoms with van der Waals surface area (Å²) in [6.07, 6.45) is 2.79. The Morgan fingerprint density at radius 2 is 2.00 bits per heavy atom. The van der Waals surface area contributed by atoms with Gasteiger partial charge in [0.2, 0.25) is 5.43 Å². The van der Waals surface area contributed by atoms with Crippen molar-refractivity contribution in [2.24, 2.45) is 0 Å². The molecule has 3 heterocycles. The predicted molar refractivity (Wildman–Crippen MR) is 94.6 cm³/mol. The minimum absolute atomic E-state index is 0.0581. The third-order valence-corrected chi connectivity index (χ3v) is 4.27. The molecule has 0 amide bonds. The zero-order valence-electron chi connectivity index (χ0n) is 13.0. The van der Waals surface area contributed by atoms with Crippen molar-refractivity contribution in [1.29, 1.82) is 0 Å². The highest BCUT2D eigenvalue weighted by Crippen LogP contribution is 2.25. The molecule has 6 nitrogen and oxygen atoms in total. The molecule has 0 bridgehead atoms. The van der Waals surface area contributed by atoms with Gasteiger partial charge in [-0.05, 0) is 30.3 Å². The van der Waals surface area contributed by atoms with Crippen LogP contribution in [0.5, 0.6) is 0 Å². The quantitative estimate of drug-likeness (QED) is 0.547. The van der Waals surface area contributed by atoms with E-state index in [-0.39, 0.29) is 11.0 Å². The fourth-order valence-corrected chi connectivity index (χ4v) is 2.97. The Balaban J connectivity index is 2.21. The van der Waals surface area contributed by atoms with Crippen molar-refractivity contribution >= 4 is 39.5 Å². The van der Waals surface area contributed by atoms with Crippen molar-refractivity contribution in [2.45, 2.75) is 0 Å². The number of hydrogen-bond acceptors (Lipinski definition) is 4. The molecule has 3 aromatic heterocycles. The number of carboxylic acid groups (broad SMARTS) is 1. The molecule has 0 aliphatic rings. The van der Waals surface area contributed by atoms with Crippen molar-refractivity contribution in [2.75, 3.05) is 0 Å². The highest BCUT2D eigenvalue weighted by atomic mass is 35.5. The van der Waals surface area contributed by atoms with Gasteiger partial charge < -0.3 is 5.11 Å². The van der Waals surface area contributed by atoms with Crippen molar-refractivity contribution in [3.8, 4) is 5.69 Å². The summed E-state index contributed by atoms with van der Waals surface area (Å²) >= 11 is 5.79. The monoisotopic (exact) mass is 369 g/mol. The van der Waals surface area contributed by atoms with E-state index in [2.05, 4.69) is 9.97 Å². The first-order chi connectivity index (χ1) is 12.5. The summed E-state index contributed by atoms with van der Waals surface area (Å²) < 4.78 is 15.3. The Bertz CT molecular complexity index is 1260. The summed E-state index contributed by atoms with van der Waals surface area (Å²) in [6, 6.07) is 9.68. The first-order valence-electron chi connectivity index (χ1n) is 7.46. The SMILES string of the molecule is O=C(O)c1cn(-c2cccc3ncccc23)c2nc(Cl)c(F)cc2c1=O. The Morgan fingerprint density at radius 1 is 1.19 bits per heavy atom. The van der Waals surface area contributed by atoms with Gasteiger partial charge in [0.15, 0.2) is 11.0 Å². The number of halogens is 2. The van der Waals surface area contributed by atoms with Crippen LogP contribution < -0.4 is 5.43 Å². The molecule has 4 rings (SSSR count). The Hall–Kier alpha value is -3.32. The topological polar surface area (TPSA) is 85.1 Å². The highest BCUT2D eigenvalue weighted by molar-refractivity contribution is 6.29. The second-order valence-corrected chi connectivity index (χ2v) is 5.88. The average Bonchev–Trinajstić information content (AvgIpc) is 2.63. The van der Waals surface area contributed by atoms with Crippen LogP contribution in [0.25, 0.3) is 27.6 Å². The van der Waals surface area contributed by atoms with E-state index in [1.165, 1.54) is 4.57 Å². The molecule has 0 unspecified atom stereocenters. The lowest BCUT2D eigenvalue weighted by molar-refractivity contribution is 0.0695. The van der Waals surface area contributed by atoms with Crippen LogP contribution in [0.4, 0.5) is 4.39 Å². The van der Waals surface area contributed by atoms with Crippen LogP contribution in [0.3, 0.4) is 0 Å². The summed E-state index contributed by atoms with van der Waals surface area (Å²) in [6.45, 7) is 0. The van der Waals surface area contributed by atoms with Crippen LogP contribution in [0.2, 0.25) is 5.15 Å². The van der Waals surface area contributed by atoms with Crippen LogP contribution in [0, 0.1) is 5.82 Å². The van der Waals surface area contributed by atoms with Gasteiger partial charge in [0.1, 0.15) is 11.2 Å². The first-order valence-corrected chi connectivity index (χ1v) is 7.84. The molecule has 26 heavy (non-hydrogen) atoms. The smallest absolute Gasteiger partial charge is 0.341 e. The fraction of sp³-hybridized carbons (Fsp3) is 0. The van der Waals surface area contributed by atoms with Gasteiger partial charge in [0.25, 0.3) is 0 Å². The van der Waals surface area contributed by atoms with Gasteiger partial charge in [-0.3, -0.25) is 14.3 Å². The predicted octanol–water partition coefficient (Wildman–Crippen LogP) is 3.42. The van der Waals surface area contributed by atoms with Gasteiger partial charge in [-0.25, -0.2) is 14.2 Å². The van der Waals surface area contributed by atoms with E-state index in [4.69, 9.17) is 11.6 Å². The Kier molecular flexibility index (Phi) is 3.66. The minimum Gasteiger partial charge on any atom is -0.477 e. The molecule has 128 valence electrons. The van der Waals surface area contributed by atoms with Crippen molar-refractivity contribution < 1.29 is 14.3 Å². The van der Waals surface area contributed by atoms with E-state index in [0.717, 1.165) is 12.3 Å². The number of aromatic nitrogens is 3. The standard InChI is InChI=1S/C18H9ClFN3O3/c19-16-12(20)7-10-15(24)11(18(25)26)8-23(17(10)22-16)14-5-1-4-13-9(14)3-2-6-21-13/h1-8H,(H,25,26). The van der Waals surface area contributed by atoms with Crippen molar-refractivity contribution in [3.05, 3.63) is 75.5 Å². The van der Waals surface area contributed by atoms with E-state index in [1.807, 2.05) is 0 Å². The molecule has 0 aliphatic heterocycles. The third-order valence-electron chi connectivity index (χ3n) is 4.00. The number of carboxylic acids is 1. The van der Waals surface area contributed by atoms with Gasteiger partial charge in [0.05, 0.1) is 16.6 Å². The summed E-state index contributed by atoms with van der Waals surface area (Å²) in [7, 11) is 0. The molecule has 1 aromatic carbocycles. The number of carbonyl (C=O) groups is 1. The maximum absolute atomic E-state index is 13.8. The zero-order chi connectivity index (χ0) is 18.4. The maximum Gasteiger partial charge on any atom is 0.341 e. The van der Waals surface area contributed by atoms with E-state index >= 15 is 0 Å². The molecule has 8 heteroatoms. The van der Waals surface area contributed by atoms with Gasteiger partial charge >= 0.3 is 5.97 Å². The lowest BCUT2D eigenvalue weighted by Gasteiger charge is -2.14. The molecule has 0 saturated heterocycles. The van der Waals surface area contributed by atoms with Crippen LogP contribution in [0.1, 0.15) is 10.4 Å². The van der Waals surface area contributed by atoms with Crippen LogP contribution >= 0.6 is 11.6 Å². The zero-order valence-corrected chi connectivity index (χ0v) is 13.7. The average molecular weight is 370 g/mol. The van der Waals surface area contributed by atoms with Gasteiger partial charge in [-0.15, -0.1) is 0 Å². The van der Waals surface area contributed by atoms with Crippen molar-refractivity contribution in [1.82, 2.24) is 14.5 Å². The second-order valence-electron chi connectivity index (χ2n) is 5.53. The van der Waals surface area contributed by atoms with Gasteiger partial charge in [-0.1, -0.05) is 17.7 Å². The normalized spacial score (nSPS) is 11.2. The largest absolute Gasteiger partial charge is 0.477 e. The molecule has 0 aliphatic carbocycles. The van der Waals surface area contributed by atoms with E-state index in [9.17, 15) is 19.1 Å².